The third-order valence-corrected chi connectivity index (χ3v) is 2.88. The molecule has 1 aromatic rings. The fourth-order valence-electron chi connectivity index (χ4n) is 1.95. The largest absolute Gasteiger partial charge is 0.313 e. The fourth-order valence-corrected chi connectivity index (χ4v) is 1.95. The van der Waals surface area contributed by atoms with Gasteiger partial charge in [0.2, 0.25) is 0 Å². The molecule has 1 aliphatic rings. The van der Waals surface area contributed by atoms with E-state index in [0.717, 1.165) is 18.7 Å². The van der Waals surface area contributed by atoms with E-state index in [0.29, 0.717) is 18.7 Å². The molecule has 1 saturated heterocycles. The highest BCUT2D eigenvalue weighted by molar-refractivity contribution is 5.19. The summed E-state index contributed by atoms with van der Waals surface area (Å²) >= 11 is 0. The standard InChI is InChI=1S/C12H13F2N3/c13-10-1-2-12(14)9(5-10)8-17-4-3-16-7-11(17)6-15/h1-2,5,11,16H,3-4,7-8H2. The number of hydrogen-bond donors (Lipinski definition) is 1. The van der Waals surface area contributed by atoms with E-state index in [2.05, 4.69) is 11.4 Å². The zero-order chi connectivity index (χ0) is 12.3. The van der Waals surface area contributed by atoms with Gasteiger partial charge in [0.1, 0.15) is 17.7 Å². The topological polar surface area (TPSA) is 39.1 Å². The minimum atomic E-state index is -0.454. The zero-order valence-corrected chi connectivity index (χ0v) is 9.29. The van der Waals surface area contributed by atoms with E-state index in [4.69, 9.17) is 5.26 Å². The van der Waals surface area contributed by atoms with Crippen molar-refractivity contribution in [2.24, 2.45) is 0 Å². The smallest absolute Gasteiger partial charge is 0.127 e. The second-order valence-corrected chi connectivity index (χ2v) is 4.06. The van der Waals surface area contributed by atoms with E-state index in [1.165, 1.54) is 6.07 Å². The average Bonchev–Trinajstić information content (AvgIpc) is 2.34. The molecule has 1 unspecified atom stereocenters. The number of nitrogens with zero attached hydrogens (tertiary/aromatic N) is 2. The van der Waals surface area contributed by atoms with Gasteiger partial charge in [-0.25, -0.2) is 8.78 Å². The van der Waals surface area contributed by atoms with Crippen LogP contribution < -0.4 is 5.32 Å². The van der Waals surface area contributed by atoms with Gasteiger partial charge in [0, 0.05) is 31.7 Å². The van der Waals surface area contributed by atoms with Gasteiger partial charge in [-0.2, -0.15) is 5.26 Å². The summed E-state index contributed by atoms with van der Waals surface area (Å²) in [4.78, 5) is 1.86. The lowest BCUT2D eigenvalue weighted by Crippen LogP contribution is -2.50. The normalized spacial score (nSPS) is 21.1. The Morgan fingerprint density at radius 3 is 3.06 bits per heavy atom. The first-order valence-corrected chi connectivity index (χ1v) is 5.49. The van der Waals surface area contributed by atoms with Crippen molar-refractivity contribution >= 4 is 0 Å². The van der Waals surface area contributed by atoms with Gasteiger partial charge in [0.25, 0.3) is 0 Å². The molecule has 1 N–H and O–H groups in total. The molecule has 0 spiro atoms. The van der Waals surface area contributed by atoms with Crippen LogP contribution in [0.15, 0.2) is 18.2 Å². The van der Waals surface area contributed by atoms with E-state index in [9.17, 15) is 8.78 Å². The van der Waals surface area contributed by atoms with Crippen LogP contribution in [0.3, 0.4) is 0 Å². The van der Waals surface area contributed by atoms with Crippen LogP contribution in [-0.2, 0) is 6.54 Å². The summed E-state index contributed by atoms with van der Waals surface area (Å²) in [6.07, 6.45) is 0. The first-order valence-electron chi connectivity index (χ1n) is 5.49. The second kappa shape index (κ2) is 5.21. The van der Waals surface area contributed by atoms with Crippen LogP contribution in [0.5, 0.6) is 0 Å². The maximum atomic E-state index is 13.5. The van der Waals surface area contributed by atoms with Crippen LogP contribution in [0, 0.1) is 23.0 Å². The number of nitriles is 1. The number of nitrogens with one attached hydrogen (secondary N) is 1. The van der Waals surface area contributed by atoms with Crippen molar-refractivity contribution < 1.29 is 8.78 Å². The maximum absolute atomic E-state index is 13.5. The highest BCUT2D eigenvalue weighted by Crippen LogP contribution is 2.14. The Morgan fingerprint density at radius 2 is 2.29 bits per heavy atom. The van der Waals surface area contributed by atoms with Crippen molar-refractivity contribution in [3.8, 4) is 6.07 Å². The molecule has 5 heteroatoms. The molecule has 2 rings (SSSR count). The third kappa shape index (κ3) is 2.78. The van der Waals surface area contributed by atoms with Gasteiger partial charge >= 0.3 is 0 Å². The van der Waals surface area contributed by atoms with E-state index in [1.54, 1.807) is 0 Å². The van der Waals surface area contributed by atoms with Crippen molar-refractivity contribution in [2.75, 3.05) is 19.6 Å². The Labute approximate surface area is 98.6 Å². The molecule has 1 atom stereocenters. The predicted octanol–water partition coefficient (Wildman–Crippen LogP) is 1.26. The number of benzene rings is 1. The highest BCUT2D eigenvalue weighted by Gasteiger charge is 2.22. The Hall–Kier alpha value is -1.51. The summed E-state index contributed by atoms with van der Waals surface area (Å²) in [5.41, 5.74) is 0.298. The summed E-state index contributed by atoms with van der Waals surface area (Å²) in [6.45, 7) is 2.25. The zero-order valence-electron chi connectivity index (χ0n) is 9.29. The van der Waals surface area contributed by atoms with Gasteiger partial charge in [-0.15, -0.1) is 0 Å². The van der Waals surface area contributed by atoms with E-state index in [1.807, 2.05) is 4.90 Å². The third-order valence-electron chi connectivity index (χ3n) is 2.88. The second-order valence-electron chi connectivity index (χ2n) is 4.06. The number of halogens is 2. The summed E-state index contributed by atoms with van der Waals surface area (Å²) in [5.74, 6) is -0.883. The molecule has 90 valence electrons. The van der Waals surface area contributed by atoms with Crippen molar-refractivity contribution in [1.82, 2.24) is 10.2 Å². The lowest BCUT2D eigenvalue weighted by molar-refractivity contribution is 0.187. The van der Waals surface area contributed by atoms with Crippen molar-refractivity contribution in [2.45, 2.75) is 12.6 Å². The van der Waals surface area contributed by atoms with Crippen LogP contribution >= 0.6 is 0 Å². The minimum Gasteiger partial charge on any atom is -0.313 e. The van der Waals surface area contributed by atoms with Gasteiger partial charge in [-0.1, -0.05) is 0 Å². The van der Waals surface area contributed by atoms with E-state index in [-0.39, 0.29) is 12.6 Å². The lowest BCUT2D eigenvalue weighted by Gasteiger charge is -2.31. The Kier molecular flexibility index (Phi) is 3.67. The maximum Gasteiger partial charge on any atom is 0.127 e. The van der Waals surface area contributed by atoms with Crippen LogP contribution in [-0.4, -0.2) is 30.6 Å². The molecular formula is C12H13F2N3. The van der Waals surface area contributed by atoms with Gasteiger partial charge in [0.15, 0.2) is 0 Å². The summed E-state index contributed by atoms with van der Waals surface area (Å²) in [5, 5.41) is 12.1. The van der Waals surface area contributed by atoms with Crippen LogP contribution in [0.1, 0.15) is 5.56 Å². The van der Waals surface area contributed by atoms with Crippen molar-refractivity contribution in [1.29, 1.82) is 5.26 Å². The molecular weight excluding hydrogens is 224 g/mol. The molecule has 0 saturated carbocycles. The summed E-state index contributed by atoms with van der Waals surface area (Å²) < 4.78 is 26.5. The molecule has 3 nitrogen and oxygen atoms in total. The van der Waals surface area contributed by atoms with Crippen molar-refractivity contribution in [3.05, 3.63) is 35.4 Å². The number of rotatable bonds is 2. The van der Waals surface area contributed by atoms with E-state index < -0.39 is 11.6 Å². The SMILES string of the molecule is N#CC1CNCCN1Cc1cc(F)ccc1F. The average molecular weight is 237 g/mol. The molecule has 17 heavy (non-hydrogen) atoms. The molecule has 0 aliphatic carbocycles. The van der Waals surface area contributed by atoms with Gasteiger partial charge in [0.05, 0.1) is 6.07 Å². The highest BCUT2D eigenvalue weighted by atomic mass is 19.1. The monoisotopic (exact) mass is 237 g/mol. The fraction of sp³-hybridized carbons (Fsp3) is 0.417. The van der Waals surface area contributed by atoms with Gasteiger partial charge in [-0.3, -0.25) is 4.90 Å². The van der Waals surface area contributed by atoms with Crippen LogP contribution in [0.25, 0.3) is 0 Å². The van der Waals surface area contributed by atoms with Gasteiger partial charge < -0.3 is 5.32 Å². The molecule has 0 radical (unpaired) electrons. The number of hydrogen-bond acceptors (Lipinski definition) is 3. The lowest BCUT2D eigenvalue weighted by atomic mass is 10.1. The molecule has 1 heterocycles. The molecule has 0 bridgehead atoms. The summed E-state index contributed by atoms with van der Waals surface area (Å²) in [6, 6.07) is 5.27. The Balaban J connectivity index is 2.14. The minimum absolute atomic E-state index is 0.267. The summed E-state index contributed by atoms with van der Waals surface area (Å²) in [7, 11) is 0. The molecule has 1 aromatic carbocycles. The van der Waals surface area contributed by atoms with Crippen molar-refractivity contribution in [3.63, 3.8) is 0 Å². The Bertz CT molecular complexity index is 442. The molecule has 0 amide bonds. The predicted molar refractivity (Wildman–Crippen MR) is 59.0 cm³/mol. The van der Waals surface area contributed by atoms with Gasteiger partial charge in [-0.05, 0) is 18.2 Å². The molecule has 1 fully saturated rings. The van der Waals surface area contributed by atoms with Crippen LogP contribution in [0.2, 0.25) is 0 Å². The molecule has 0 aromatic heterocycles. The number of piperazine rings is 1. The molecule has 1 aliphatic heterocycles. The first-order chi connectivity index (χ1) is 8.20. The Morgan fingerprint density at radius 1 is 1.47 bits per heavy atom. The first kappa shape index (κ1) is 12.0. The van der Waals surface area contributed by atoms with Crippen LogP contribution in [0.4, 0.5) is 8.78 Å². The quantitative estimate of drug-likeness (QED) is 0.841. The van der Waals surface area contributed by atoms with E-state index >= 15 is 0 Å².